The van der Waals surface area contributed by atoms with Gasteiger partial charge in [0.25, 0.3) is 0 Å². The van der Waals surface area contributed by atoms with Gasteiger partial charge in [-0.3, -0.25) is 28.8 Å². The minimum Gasteiger partial charge on any atom is -0.508 e. The van der Waals surface area contributed by atoms with E-state index in [1.165, 1.54) is 12.1 Å². The smallest absolute Gasteiger partial charge is 0.326 e. The summed E-state index contributed by atoms with van der Waals surface area (Å²) in [7, 11) is 0. The SMILES string of the molecule is CC[C@H](C)[C@H](NC(=O)[C@H](Cc1ccc(O)cc1)NC(=O)[C@H](CCCCN)NC(=O)[C@@H]1C/C=C\C[C@H](N)C(=O)N[C@@H](CCCCN)C(=O)N1)C(=O)N[C@@H](CC(C)C)C(=O)O. The van der Waals surface area contributed by atoms with E-state index in [0.29, 0.717) is 50.8 Å². The largest absolute Gasteiger partial charge is 0.508 e. The Kier molecular flexibility index (Phi) is 22.2. The number of carboxylic acids is 1. The molecule has 330 valence electrons. The molecule has 1 aliphatic heterocycles. The third-order valence-corrected chi connectivity index (χ3v) is 10.2. The lowest BCUT2D eigenvalue weighted by molar-refractivity contribution is -0.143. The predicted molar refractivity (Wildman–Crippen MR) is 222 cm³/mol. The molecule has 0 spiro atoms. The molecule has 1 aliphatic rings. The van der Waals surface area contributed by atoms with Crippen LogP contribution in [0.5, 0.6) is 5.75 Å². The molecule has 1 aromatic carbocycles. The number of aliphatic carboxylic acids is 1. The molecule has 2 rings (SSSR count). The lowest BCUT2D eigenvalue weighted by Gasteiger charge is -2.29. The molecule has 1 heterocycles. The van der Waals surface area contributed by atoms with Crippen LogP contribution in [0.2, 0.25) is 0 Å². The minimum atomic E-state index is -1.30. The second-order valence-electron chi connectivity index (χ2n) is 15.6. The average Bonchev–Trinajstić information content (AvgIpc) is 3.21. The molecule has 0 aliphatic carbocycles. The summed E-state index contributed by atoms with van der Waals surface area (Å²) in [6.45, 7) is 7.91. The zero-order valence-corrected chi connectivity index (χ0v) is 34.8. The number of phenols is 1. The zero-order valence-electron chi connectivity index (χ0n) is 34.8. The van der Waals surface area contributed by atoms with Gasteiger partial charge >= 0.3 is 5.97 Å². The standard InChI is InChI=1S/C41H67N9O9/c1-5-25(4)34(40(57)49-33(41(58)59)22-24(2)3)50-39(56)32(23-26-16-18-27(51)19-17-26)48-38(55)31(15-9-11-21-43)47-37(54)30-13-7-6-12-28(44)35(52)45-29(36(53)46-30)14-8-10-20-42/h6-7,16-19,24-25,28-34,51H,5,8-15,20-23,42-44H2,1-4H3,(H,45,52)(H,46,53)(H,47,54)(H,48,55)(H,49,57)(H,50,56)(H,58,59)/b7-6-/t25-,28-,29-,30-,31-,32-,33-,34-/m0/s1. The van der Waals surface area contributed by atoms with Crippen LogP contribution in [0.3, 0.4) is 0 Å². The van der Waals surface area contributed by atoms with E-state index in [2.05, 4.69) is 31.9 Å². The molecular weight excluding hydrogens is 763 g/mol. The number of benzene rings is 1. The fourth-order valence-electron chi connectivity index (χ4n) is 6.42. The van der Waals surface area contributed by atoms with Crippen LogP contribution >= 0.6 is 0 Å². The maximum absolute atomic E-state index is 14.2. The summed E-state index contributed by atoms with van der Waals surface area (Å²) < 4.78 is 0. The van der Waals surface area contributed by atoms with Gasteiger partial charge in [-0.2, -0.15) is 0 Å². The molecule has 14 N–H and O–H groups in total. The molecule has 59 heavy (non-hydrogen) atoms. The number of carbonyl (C=O) groups is 7. The van der Waals surface area contributed by atoms with Gasteiger partial charge in [0.1, 0.15) is 42.0 Å². The summed E-state index contributed by atoms with van der Waals surface area (Å²) in [5.74, 6) is -5.67. The van der Waals surface area contributed by atoms with Crippen LogP contribution in [0.25, 0.3) is 0 Å². The second-order valence-corrected chi connectivity index (χ2v) is 15.6. The molecule has 6 amide bonds. The maximum Gasteiger partial charge on any atom is 0.326 e. The Bertz CT molecular complexity index is 1570. The molecule has 0 unspecified atom stereocenters. The van der Waals surface area contributed by atoms with E-state index >= 15 is 0 Å². The Balaban J connectivity index is 2.43. The maximum atomic E-state index is 14.2. The summed E-state index contributed by atoms with van der Waals surface area (Å²) in [6.07, 6.45) is 6.45. The van der Waals surface area contributed by atoms with E-state index in [-0.39, 0.29) is 50.2 Å². The quantitative estimate of drug-likeness (QED) is 0.0512. The van der Waals surface area contributed by atoms with E-state index in [0.717, 1.165) is 0 Å². The Labute approximate surface area is 347 Å². The summed E-state index contributed by atoms with van der Waals surface area (Å²) in [4.78, 5) is 93.9. The summed E-state index contributed by atoms with van der Waals surface area (Å²) in [5.41, 5.74) is 18.0. The first-order valence-electron chi connectivity index (χ1n) is 20.6. The number of phenolic OH excluding ortho intramolecular Hbond substituents is 1. The van der Waals surface area contributed by atoms with Crippen LogP contribution in [-0.4, -0.2) is 107 Å². The molecule has 1 aromatic rings. The molecule has 0 bridgehead atoms. The minimum absolute atomic E-state index is 0.0189. The number of hydrogen-bond acceptors (Lipinski definition) is 11. The predicted octanol–water partition coefficient (Wildman–Crippen LogP) is -0.0444. The fourth-order valence-corrected chi connectivity index (χ4v) is 6.42. The molecule has 0 radical (unpaired) electrons. The van der Waals surface area contributed by atoms with Crippen molar-refractivity contribution in [3.63, 3.8) is 0 Å². The van der Waals surface area contributed by atoms with Gasteiger partial charge in [-0.1, -0.05) is 58.4 Å². The van der Waals surface area contributed by atoms with Crippen molar-refractivity contribution in [1.82, 2.24) is 31.9 Å². The van der Waals surface area contributed by atoms with E-state index < -0.39 is 89.6 Å². The number of aromatic hydroxyl groups is 1. The van der Waals surface area contributed by atoms with Crippen molar-refractivity contribution in [1.29, 1.82) is 0 Å². The van der Waals surface area contributed by atoms with Crippen LogP contribution < -0.4 is 49.1 Å². The van der Waals surface area contributed by atoms with Gasteiger partial charge in [0.05, 0.1) is 6.04 Å². The van der Waals surface area contributed by atoms with Crippen molar-refractivity contribution >= 4 is 41.4 Å². The van der Waals surface area contributed by atoms with Gasteiger partial charge in [0.2, 0.25) is 35.4 Å². The van der Waals surface area contributed by atoms with Crippen molar-refractivity contribution in [2.45, 2.75) is 141 Å². The number of amides is 6. The first-order chi connectivity index (χ1) is 28.0. The average molecular weight is 830 g/mol. The van der Waals surface area contributed by atoms with Crippen LogP contribution in [-0.2, 0) is 40.0 Å². The normalized spacial score (nSPS) is 20.3. The van der Waals surface area contributed by atoms with Gasteiger partial charge < -0.3 is 59.3 Å². The molecule has 18 nitrogen and oxygen atoms in total. The second kappa shape index (κ2) is 26.1. The van der Waals surface area contributed by atoms with Crippen LogP contribution in [0.4, 0.5) is 0 Å². The topological polar surface area (TPSA) is 310 Å². The summed E-state index contributed by atoms with van der Waals surface area (Å²) in [6, 6.07) is -1.91. The monoisotopic (exact) mass is 830 g/mol. The highest BCUT2D eigenvalue weighted by atomic mass is 16.4. The van der Waals surface area contributed by atoms with Crippen LogP contribution in [0.15, 0.2) is 36.4 Å². The number of unbranched alkanes of at least 4 members (excludes halogenated alkanes) is 2. The van der Waals surface area contributed by atoms with Crippen molar-refractivity contribution < 1.29 is 43.8 Å². The molecule has 18 heteroatoms. The number of carbonyl (C=O) groups excluding carboxylic acids is 6. The Morgan fingerprint density at radius 3 is 2.00 bits per heavy atom. The Morgan fingerprint density at radius 1 is 0.780 bits per heavy atom. The first-order valence-corrected chi connectivity index (χ1v) is 20.6. The fraction of sp³-hybridized carbons (Fsp3) is 0.634. The molecule has 0 aromatic heterocycles. The van der Waals surface area contributed by atoms with Gasteiger partial charge in [0, 0.05) is 6.42 Å². The lowest BCUT2D eigenvalue weighted by Crippen LogP contribution is -2.60. The van der Waals surface area contributed by atoms with Gasteiger partial charge in [-0.25, -0.2) is 4.79 Å². The number of hydrogen-bond donors (Lipinski definition) is 11. The Hall–Kier alpha value is -5.07. The highest BCUT2D eigenvalue weighted by molar-refractivity contribution is 5.97. The number of carboxylic acid groups (broad SMARTS) is 1. The molecule has 8 atom stereocenters. The van der Waals surface area contributed by atoms with E-state index in [9.17, 15) is 43.8 Å². The van der Waals surface area contributed by atoms with E-state index in [1.807, 2.05) is 20.8 Å². The highest BCUT2D eigenvalue weighted by Gasteiger charge is 2.35. The zero-order chi connectivity index (χ0) is 44.1. The van der Waals surface area contributed by atoms with Gasteiger partial charge in [-0.15, -0.1) is 0 Å². The molecule has 0 saturated heterocycles. The van der Waals surface area contributed by atoms with E-state index in [1.54, 1.807) is 31.2 Å². The first kappa shape index (κ1) is 50.1. The molecule has 0 saturated carbocycles. The van der Waals surface area contributed by atoms with Crippen molar-refractivity contribution in [3.05, 3.63) is 42.0 Å². The van der Waals surface area contributed by atoms with Gasteiger partial charge in [-0.05, 0) is 100 Å². The number of nitrogens with one attached hydrogen (secondary N) is 6. The Morgan fingerprint density at radius 2 is 1.39 bits per heavy atom. The lowest BCUT2D eigenvalue weighted by atomic mass is 9.96. The van der Waals surface area contributed by atoms with Crippen LogP contribution in [0, 0.1) is 11.8 Å². The summed E-state index contributed by atoms with van der Waals surface area (Å²) >= 11 is 0. The third-order valence-electron chi connectivity index (χ3n) is 10.2. The van der Waals surface area contributed by atoms with Crippen molar-refractivity contribution in [2.75, 3.05) is 13.1 Å². The third kappa shape index (κ3) is 17.8. The summed E-state index contributed by atoms with van der Waals surface area (Å²) in [5, 5.41) is 35.8. The number of nitrogens with two attached hydrogens (primary N) is 3. The van der Waals surface area contributed by atoms with Crippen molar-refractivity contribution in [2.24, 2.45) is 29.0 Å². The van der Waals surface area contributed by atoms with Crippen molar-refractivity contribution in [3.8, 4) is 5.75 Å². The van der Waals surface area contributed by atoms with Crippen LogP contribution in [0.1, 0.15) is 97.5 Å². The number of rotatable bonds is 23. The van der Waals surface area contributed by atoms with E-state index in [4.69, 9.17) is 17.2 Å². The molecular formula is C41H67N9O9. The highest BCUT2D eigenvalue weighted by Crippen LogP contribution is 2.15. The van der Waals surface area contributed by atoms with Gasteiger partial charge in [0.15, 0.2) is 0 Å². The molecule has 0 fully saturated rings.